The number of nitrogens with zero attached hydrogens (tertiary/aromatic N) is 1. The highest BCUT2D eigenvalue weighted by atomic mass is 35.5. The van der Waals surface area contributed by atoms with Gasteiger partial charge in [-0.3, -0.25) is 4.79 Å². The van der Waals surface area contributed by atoms with Gasteiger partial charge in [-0.15, -0.1) is 0 Å². The minimum absolute atomic E-state index is 0.0501. The molecule has 0 aliphatic carbocycles. The number of carbonyl (C=O) groups excluding carboxylic acids is 1. The van der Waals surface area contributed by atoms with E-state index >= 15 is 0 Å². The predicted octanol–water partition coefficient (Wildman–Crippen LogP) is 4.71. The van der Waals surface area contributed by atoms with E-state index in [1.165, 1.54) is 5.56 Å². The number of nitrogens with one attached hydrogen (secondary N) is 1. The molecule has 2 aromatic rings. The van der Waals surface area contributed by atoms with E-state index in [0.717, 1.165) is 25.2 Å². The molecule has 1 aliphatic rings. The van der Waals surface area contributed by atoms with Crippen LogP contribution in [-0.4, -0.2) is 38.8 Å². The topological polar surface area (TPSA) is 50.8 Å². The number of carbonyl (C=O) groups is 1. The van der Waals surface area contributed by atoms with Gasteiger partial charge in [0, 0.05) is 18.8 Å². The molecule has 6 heteroatoms. The lowest BCUT2D eigenvalue weighted by Crippen LogP contribution is -2.36. The lowest BCUT2D eigenvalue weighted by molar-refractivity contribution is -0.118. The molecular formula is C22H27ClN2O3. The normalized spacial score (nSPS) is 15.2. The zero-order chi connectivity index (χ0) is 19.9. The van der Waals surface area contributed by atoms with Gasteiger partial charge in [-0.1, -0.05) is 37.6 Å². The molecule has 150 valence electrons. The molecule has 1 atom stereocenters. The van der Waals surface area contributed by atoms with Crippen LogP contribution in [0.5, 0.6) is 5.75 Å². The van der Waals surface area contributed by atoms with Crippen molar-refractivity contribution >= 4 is 28.9 Å². The highest BCUT2D eigenvalue weighted by molar-refractivity contribution is 6.33. The number of ether oxygens (including phenoxy) is 2. The first-order valence-electron chi connectivity index (χ1n) is 9.71. The molecule has 28 heavy (non-hydrogen) atoms. The van der Waals surface area contributed by atoms with Crippen LogP contribution in [-0.2, 0) is 9.53 Å². The van der Waals surface area contributed by atoms with Crippen LogP contribution in [0, 0.1) is 0 Å². The Morgan fingerprint density at radius 3 is 2.57 bits per heavy atom. The number of halogens is 1. The smallest absolute Gasteiger partial charge is 0.262 e. The van der Waals surface area contributed by atoms with Crippen LogP contribution in [0.1, 0.15) is 31.7 Å². The Morgan fingerprint density at radius 2 is 1.93 bits per heavy atom. The Labute approximate surface area is 171 Å². The third kappa shape index (κ3) is 5.40. The van der Waals surface area contributed by atoms with E-state index in [2.05, 4.69) is 24.1 Å². The van der Waals surface area contributed by atoms with Crippen molar-refractivity contribution < 1.29 is 14.3 Å². The largest absolute Gasteiger partial charge is 0.484 e. The monoisotopic (exact) mass is 402 g/mol. The van der Waals surface area contributed by atoms with Crippen molar-refractivity contribution in [2.75, 3.05) is 43.1 Å². The van der Waals surface area contributed by atoms with Crippen LogP contribution in [0.15, 0.2) is 42.5 Å². The predicted molar refractivity (Wildman–Crippen MR) is 114 cm³/mol. The highest BCUT2D eigenvalue weighted by Crippen LogP contribution is 2.29. The Balaban J connectivity index is 1.52. The molecule has 1 unspecified atom stereocenters. The molecule has 0 bridgehead atoms. The molecule has 1 aliphatic heterocycles. The number of benzene rings is 2. The van der Waals surface area contributed by atoms with E-state index < -0.39 is 0 Å². The molecule has 0 saturated carbocycles. The summed E-state index contributed by atoms with van der Waals surface area (Å²) in [6.07, 6.45) is 1.09. The van der Waals surface area contributed by atoms with Crippen molar-refractivity contribution in [3.05, 3.63) is 53.1 Å². The Hall–Kier alpha value is -2.24. The second-order valence-corrected chi connectivity index (χ2v) is 7.39. The first-order valence-corrected chi connectivity index (χ1v) is 10.1. The van der Waals surface area contributed by atoms with Crippen LogP contribution in [0.2, 0.25) is 5.02 Å². The van der Waals surface area contributed by atoms with Crippen LogP contribution >= 0.6 is 11.6 Å². The summed E-state index contributed by atoms with van der Waals surface area (Å²) in [6, 6.07) is 13.5. The fourth-order valence-corrected chi connectivity index (χ4v) is 3.42. The second kappa shape index (κ2) is 9.80. The molecule has 0 radical (unpaired) electrons. The minimum atomic E-state index is -0.221. The lowest BCUT2D eigenvalue weighted by atomic mass is 9.99. The van der Waals surface area contributed by atoms with Crippen molar-refractivity contribution in [3.63, 3.8) is 0 Å². The first-order chi connectivity index (χ1) is 13.6. The van der Waals surface area contributed by atoms with E-state index in [1.54, 1.807) is 6.07 Å². The minimum Gasteiger partial charge on any atom is -0.484 e. The average molecular weight is 403 g/mol. The molecule has 1 N–H and O–H groups in total. The third-order valence-electron chi connectivity index (χ3n) is 5.01. The summed E-state index contributed by atoms with van der Waals surface area (Å²) >= 11 is 6.41. The van der Waals surface area contributed by atoms with Gasteiger partial charge in [0.15, 0.2) is 6.61 Å². The number of morpholine rings is 1. The fraction of sp³-hybridized carbons (Fsp3) is 0.409. The Bertz CT molecular complexity index is 789. The van der Waals surface area contributed by atoms with Gasteiger partial charge in [-0.25, -0.2) is 0 Å². The zero-order valence-corrected chi connectivity index (χ0v) is 17.2. The van der Waals surface area contributed by atoms with Crippen LogP contribution < -0.4 is 15.0 Å². The fourth-order valence-electron chi connectivity index (χ4n) is 3.12. The second-order valence-electron chi connectivity index (χ2n) is 6.98. The molecule has 1 heterocycles. The number of rotatable bonds is 7. The summed E-state index contributed by atoms with van der Waals surface area (Å²) in [4.78, 5) is 14.4. The molecule has 3 rings (SSSR count). The average Bonchev–Trinajstić information content (AvgIpc) is 2.73. The van der Waals surface area contributed by atoms with Crippen molar-refractivity contribution in [1.82, 2.24) is 0 Å². The maximum absolute atomic E-state index is 12.2. The summed E-state index contributed by atoms with van der Waals surface area (Å²) in [5.74, 6) is 0.978. The number of hydrogen-bond acceptors (Lipinski definition) is 4. The van der Waals surface area contributed by atoms with E-state index in [4.69, 9.17) is 21.1 Å². The van der Waals surface area contributed by atoms with Crippen molar-refractivity contribution in [3.8, 4) is 5.75 Å². The Kier molecular flexibility index (Phi) is 7.18. The van der Waals surface area contributed by atoms with Gasteiger partial charge in [-0.05, 0) is 48.2 Å². The highest BCUT2D eigenvalue weighted by Gasteiger charge is 2.15. The molecular weight excluding hydrogens is 376 g/mol. The molecule has 1 saturated heterocycles. The van der Waals surface area contributed by atoms with Gasteiger partial charge in [0.05, 0.1) is 23.9 Å². The summed E-state index contributed by atoms with van der Waals surface area (Å²) in [5.41, 5.74) is 2.89. The van der Waals surface area contributed by atoms with E-state index in [9.17, 15) is 4.79 Å². The van der Waals surface area contributed by atoms with Crippen LogP contribution in [0.25, 0.3) is 0 Å². The van der Waals surface area contributed by atoms with E-state index in [1.807, 2.05) is 36.4 Å². The number of hydrogen-bond donors (Lipinski definition) is 1. The molecule has 1 fully saturated rings. The standard InChI is InChI=1S/C22H27ClN2O3/c1-3-16(2)17-4-7-19(8-5-17)28-15-22(26)24-18-6-9-21(20(23)14-18)25-10-12-27-13-11-25/h4-9,14,16H,3,10-13,15H2,1-2H3,(H,24,26). The first kappa shape index (κ1) is 20.5. The Morgan fingerprint density at radius 1 is 1.21 bits per heavy atom. The zero-order valence-electron chi connectivity index (χ0n) is 16.4. The maximum atomic E-state index is 12.2. The number of anilines is 2. The quantitative estimate of drug-likeness (QED) is 0.728. The molecule has 5 nitrogen and oxygen atoms in total. The SMILES string of the molecule is CCC(C)c1ccc(OCC(=O)Nc2ccc(N3CCOCC3)c(Cl)c2)cc1. The van der Waals surface area contributed by atoms with E-state index in [0.29, 0.717) is 35.6 Å². The van der Waals surface area contributed by atoms with Gasteiger partial charge >= 0.3 is 0 Å². The van der Waals surface area contributed by atoms with Gasteiger partial charge in [-0.2, -0.15) is 0 Å². The van der Waals surface area contributed by atoms with Crippen LogP contribution in [0.3, 0.4) is 0 Å². The molecule has 1 amide bonds. The lowest BCUT2D eigenvalue weighted by Gasteiger charge is -2.29. The van der Waals surface area contributed by atoms with Gasteiger partial charge in [0.1, 0.15) is 5.75 Å². The molecule has 0 aromatic heterocycles. The summed E-state index contributed by atoms with van der Waals surface area (Å²) in [5, 5.41) is 3.44. The number of amides is 1. The van der Waals surface area contributed by atoms with E-state index in [-0.39, 0.29) is 12.5 Å². The van der Waals surface area contributed by atoms with Crippen molar-refractivity contribution in [1.29, 1.82) is 0 Å². The van der Waals surface area contributed by atoms with Crippen molar-refractivity contribution in [2.45, 2.75) is 26.2 Å². The summed E-state index contributed by atoms with van der Waals surface area (Å²) in [6.45, 7) is 7.34. The van der Waals surface area contributed by atoms with Gasteiger partial charge in [0.2, 0.25) is 0 Å². The summed E-state index contributed by atoms with van der Waals surface area (Å²) in [7, 11) is 0. The van der Waals surface area contributed by atoms with Crippen LogP contribution in [0.4, 0.5) is 11.4 Å². The van der Waals surface area contributed by atoms with Gasteiger partial charge < -0.3 is 19.7 Å². The third-order valence-corrected chi connectivity index (χ3v) is 5.32. The maximum Gasteiger partial charge on any atom is 0.262 e. The molecule has 2 aromatic carbocycles. The molecule has 0 spiro atoms. The van der Waals surface area contributed by atoms with Gasteiger partial charge in [0.25, 0.3) is 5.91 Å². The summed E-state index contributed by atoms with van der Waals surface area (Å²) < 4.78 is 11.0. The van der Waals surface area contributed by atoms with Crippen molar-refractivity contribution in [2.24, 2.45) is 0 Å².